The first-order valence-electron chi connectivity index (χ1n) is 5.84. The molecule has 0 heterocycles. The predicted molar refractivity (Wildman–Crippen MR) is 76.6 cm³/mol. The van der Waals surface area contributed by atoms with Gasteiger partial charge in [-0.25, -0.2) is 17.1 Å². The summed E-state index contributed by atoms with van der Waals surface area (Å²) in [6, 6.07) is 2.75. The van der Waals surface area contributed by atoms with Crippen molar-refractivity contribution >= 4 is 26.0 Å². The van der Waals surface area contributed by atoms with Gasteiger partial charge in [0, 0.05) is 30.2 Å². The molecule has 0 aliphatic heterocycles. The van der Waals surface area contributed by atoms with Crippen molar-refractivity contribution in [2.45, 2.75) is 25.3 Å². The SMILES string of the molecule is CC(C)CN(C)S(=O)(=O)c1cc(Br)cc(CN)c1F. The lowest BCUT2D eigenvalue weighted by Gasteiger charge is -2.20. The zero-order chi connectivity index (χ0) is 14.8. The molecule has 2 N–H and O–H groups in total. The molecule has 0 aliphatic rings. The van der Waals surface area contributed by atoms with E-state index in [1.165, 1.54) is 19.2 Å². The summed E-state index contributed by atoms with van der Waals surface area (Å²) in [6.45, 7) is 4.07. The predicted octanol–water partition coefficient (Wildman–Crippen LogP) is 2.32. The second-order valence-corrected chi connectivity index (χ2v) is 7.69. The van der Waals surface area contributed by atoms with Crippen LogP contribution in [0, 0.1) is 11.7 Å². The van der Waals surface area contributed by atoms with E-state index in [0.717, 1.165) is 4.31 Å². The highest BCUT2D eigenvalue weighted by Crippen LogP contribution is 2.26. The van der Waals surface area contributed by atoms with Crippen LogP contribution < -0.4 is 5.73 Å². The van der Waals surface area contributed by atoms with Crippen molar-refractivity contribution in [3.05, 3.63) is 28.0 Å². The van der Waals surface area contributed by atoms with E-state index in [2.05, 4.69) is 15.9 Å². The number of hydrogen-bond donors (Lipinski definition) is 1. The summed E-state index contributed by atoms with van der Waals surface area (Å²) in [6.07, 6.45) is 0. The lowest BCUT2D eigenvalue weighted by Crippen LogP contribution is -2.31. The van der Waals surface area contributed by atoms with Gasteiger partial charge in [0.1, 0.15) is 10.7 Å². The van der Waals surface area contributed by atoms with Gasteiger partial charge in [0.15, 0.2) is 0 Å². The molecule has 0 amide bonds. The summed E-state index contributed by atoms with van der Waals surface area (Å²) < 4.78 is 40.5. The molecule has 0 saturated carbocycles. The molecule has 0 radical (unpaired) electrons. The molecule has 7 heteroatoms. The third-order valence-corrected chi connectivity index (χ3v) is 4.89. The Balaban J connectivity index is 3.32. The third-order valence-electron chi connectivity index (χ3n) is 2.61. The van der Waals surface area contributed by atoms with Crippen LogP contribution in [0.3, 0.4) is 0 Å². The molecule has 0 unspecified atom stereocenters. The highest BCUT2D eigenvalue weighted by atomic mass is 79.9. The largest absolute Gasteiger partial charge is 0.326 e. The smallest absolute Gasteiger partial charge is 0.245 e. The van der Waals surface area contributed by atoms with E-state index >= 15 is 0 Å². The summed E-state index contributed by atoms with van der Waals surface area (Å²) in [5.74, 6) is -0.620. The molecule has 0 spiro atoms. The molecule has 108 valence electrons. The van der Waals surface area contributed by atoms with Gasteiger partial charge in [-0.3, -0.25) is 0 Å². The van der Waals surface area contributed by atoms with Crippen LogP contribution in [-0.2, 0) is 16.6 Å². The second kappa shape index (κ2) is 6.30. The summed E-state index contributed by atoms with van der Waals surface area (Å²) in [7, 11) is -2.40. The quantitative estimate of drug-likeness (QED) is 0.884. The second-order valence-electron chi connectivity index (χ2n) is 4.76. The average Bonchev–Trinajstić information content (AvgIpc) is 2.30. The van der Waals surface area contributed by atoms with Crippen LogP contribution in [0.25, 0.3) is 0 Å². The minimum absolute atomic E-state index is 0.0539. The van der Waals surface area contributed by atoms with Crippen molar-refractivity contribution in [1.82, 2.24) is 4.31 Å². The van der Waals surface area contributed by atoms with Gasteiger partial charge in [-0.1, -0.05) is 29.8 Å². The molecular weight excluding hydrogens is 335 g/mol. The molecule has 0 bridgehead atoms. The Labute approximate surface area is 122 Å². The minimum atomic E-state index is -3.85. The van der Waals surface area contributed by atoms with Crippen LogP contribution >= 0.6 is 15.9 Å². The molecule has 0 aliphatic carbocycles. The van der Waals surface area contributed by atoms with E-state index in [1.807, 2.05) is 13.8 Å². The molecule has 1 rings (SSSR count). The fourth-order valence-electron chi connectivity index (χ4n) is 1.73. The van der Waals surface area contributed by atoms with E-state index in [1.54, 1.807) is 0 Å². The Hall–Kier alpha value is -0.500. The van der Waals surface area contributed by atoms with Gasteiger partial charge in [-0.2, -0.15) is 0 Å². The summed E-state index contributed by atoms with van der Waals surface area (Å²) in [5, 5.41) is 0. The number of halogens is 2. The molecule has 19 heavy (non-hydrogen) atoms. The van der Waals surface area contributed by atoms with Crippen molar-refractivity contribution in [3.63, 3.8) is 0 Å². The zero-order valence-corrected chi connectivity index (χ0v) is 13.6. The van der Waals surface area contributed by atoms with Gasteiger partial charge in [-0.15, -0.1) is 0 Å². The lowest BCUT2D eigenvalue weighted by molar-refractivity contribution is 0.413. The first-order valence-corrected chi connectivity index (χ1v) is 8.07. The van der Waals surface area contributed by atoms with Crippen LogP contribution in [0.2, 0.25) is 0 Å². The van der Waals surface area contributed by atoms with Crippen molar-refractivity contribution in [2.75, 3.05) is 13.6 Å². The first-order chi connectivity index (χ1) is 8.70. The molecule has 1 aromatic carbocycles. The van der Waals surface area contributed by atoms with E-state index in [0.29, 0.717) is 11.0 Å². The Morgan fingerprint density at radius 3 is 2.47 bits per heavy atom. The number of benzene rings is 1. The van der Waals surface area contributed by atoms with Crippen LogP contribution in [0.15, 0.2) is 21.5 Å². The van der Waals surface area contributed by atoms with E-state index in [4.69, 9.17) is 5.73 Å². The average molecular weight is 353 g/mol. The monoisotopic (exact) mass is 352 g/mol. The Bertz CT molecular complexity index is 561. The maximum atomic E-state index is 14.1. The van der Waals surface area contributed by atoms with Crippen molar-refractivity contribution in [2.24, 2.45) is 11.7 Å². The van der Waals surface area contributed by atoms with Crippen molar-refractivity contribution in [3.8, 4) is 0 Å². The van der Waals surface area contributed by atoms with Crippen molar-refractivity contribution in [1.29, 1.82) is 0 Å². The standard InChI is InChI=1S/C12H18BrFN2O2S/c1-8(2)7-16(3)19(17,18)11-5-10(13)4-9(6-15)12(11)14/h4-5,8H,6-7,15H2,1-3H3. The molecule has 1 aromatic rings. The van der Waals surface area contributed by atoms with E-state index in [-0.39, 0.29) is 22.9 Å². The molecular formula is C12H18BrFN2O2S. The molecule has 0 saturated heterocycles. The number of hydrogen-bond acceptors (Lipinski definition) is 3. The maximum Gasteiger partial charge on any atom is 0.245 e. The summed E-state index contributed by atoms with van der Waals surface area (Å²) in [5.41, 5.74) is 5.59. The van der Waals surface area contributed by atoms with Gasteiger partial charge >= 0.3 is 0 Å². The minimum Gasteiger partial charge on any atom is -0.326 e. The highest BCUT2D eigenvalue weighted by molar-refractivity contribution is 9.10. The Kier molecular flexibility index (Phi) is 5.49. The Morgan fingerprint density at radius 2 is 2.00 bits per heavy atom. The lowest BCUT2D eigenvalue weighted by atomic mass is 10.2. The summed E-state index contributed by atoms with van der Waals surface area (Å²) in [4.78, 5) is -0.342. The molecule has 4 nitrogen and oxygen atoms in total. The number of sulfonamides is 1. The van der Waals surface area contributed by atoms with Crippen LogP contribution in [-0.4, -0.2) is 26.3 Å². The fourth-order valence-corrected chi connectivity index (χ4v) is 3.86. The molecule has 0 aromatic heterocycles. The van der Waals surface area contributed by atoms with Crippen LogP contribution in [0.1, 0.15) is 19.4 Å². The van der Waals surface area contributed by atoms with E-state index < -0.39 is 15.8 Å². The van der Waals surface area contributed by atoms with Gasteiger partial charge in [0.05, 0.1) is 0 Å². The maximum absolute atomic E-state index is 14.1. The third kappa shape index (κ3) is 3.75. The normalized spacial score (nSPS) is 12.4. The zero-order valence-electron chi connectivity index (χ0n) is 11.2. The van der Waals surface area contributed by atoms with Crippen LogP contribution in [0.4, 0.5) is 4.39 Å². The molecule has 0 fully saturated rings. The molecule has 0 atom stereocenters. The highest BCUT2D eigenvalue weighted by Gasteiger charge is 2.26. The number of rotatable bonds is 5. The van der Waals surface area contributed by atoms with E-state index in [9.17, 15) is 12.8 Å². The first kappa shape index (κ1) is 16.6. The topological polar surface area (TPSA) is 63.4 Å². The van der Waals surface area contributed by atoms with Gasteiger partial charge in [0.2, 0.25) is 10.0 Å². The van der Waals surface area contributed by atoms with Gasteiger partial charge < -0.3 is 5.73 Å². The van der Waals surface area contributed by atoms with Crippen molar-refractivity contribution < 1.29 is 12.8 Å². The van der Waals surface area contributed by atoms with Crippen LogP contribution in [0.5, 0.6) is 0 Å². The number of nitrogens with two attached hydrogens (primary N) is 1. The number of nitrogens with zero attached hydrogens (tertiary/aromatic N) is 1. The van der Waals surface area contributed by atoms with Gasteiger partial charge in [-0.05, 0) is 18.1 Å². The summed E-state index contributed by atoms with van der Waals surface area (Å²) >= 11 is 3.18. The van der Waals surface area contributed by atoms with Gasteiger partial charge in [0.25, 0.3) is 0 Å². The Morgan fingerprint density at radius 1 is 1.42 bits per heavy atom. The fraction of sp³-hybridized carbons (Fsp3) is 0.500.